The predicted octanol–water partition coefficient (Wildman–Crippen LogP) is 3.08. The Hall–Kier alpha value is -2.40. The zero-order chi connectivity index (χ0) is 17.8. The molecule has 1 aromatic heterocycles. The summed E-state index contributed by atoms with van der Waals surface area (Å²) < 4.78 is 0. The van der Waals surface area contributed by atoms with E-state index in [9.17, 15) is 4.79 Å². The van der Waals surface area contributed by atoms with Gasteiger partial charge in [0.1, 0.15) is 0 Å². The average Bonchev–Trinajstić information content (AvgIpc) is 2.63. The molecule has 1 aliphatic heterocycles. The lowest BCUT2D eigenvalue weighted by molar-refractivity contribution is 0.0663. The largest absolute Gasteiger partial charge is 0.354 e. The molecule has 1 fully saturated rings. The first-order chi connectivity index (χ1) is 12.1. The van der Waals surface area contributed by atoms with Gasteiger partial charge in [-0.3, -0.25) is 9.78 Å². The number of hydrogen-bond acceptors (Lipinski definition) is 4. The van der Waals surface area contributed by atoms with Crippen molar-refractivity contribution in [3.05, 3.63) is 53.3 Å². The SMILES string of the molecule is CCc1cccc(C)c1Nc1cncc(C(=O)N2CCN(C)CC2)c1. The van der Waals surface area contributed by atoms with Crippen LogP contribution >= 0.6 is 0 Å². The molecule has 3 rings (SSSR count). The fourth-order valence-electron chi connectivity index (χ4n) is 3.16. The van der Waals surface area contributed by atoms with Gasteiger partial charge in [-0.2, -0.15) is 0 Å². The number of anilines is 2. The van der Waals surface area contributed by atoms with Gasteiger partial charge in [-0.1, -0.05) is 25.1 Å². The summed E-state index contributed by atoms with van der Waals surface area (Å²) in [7, 11) is 2.08. The minimum Gasteiger partial charge on any atom is -0.354 e. The number of carbonyl (C=O) groups excluding carboxylic acids is 1. The zero-order valence-electron chi connectivity index (χ0n) is 15.2. The van der Waals surface area contributed by atoms with E-state index in [1.807, 2.05) is 11.0 Å². The maximum atomic E-state index is 12.7. The van der Waals surface area contributed by atoms with Crippen LogP contribution in [0.5, 0.6) is 0 Å². The van der Waals surface area contributed by atoms with Gasteiger partial charge in [0.05, 0.1) is 17.4 Å². The highest BCUT2D eigenvalue weighted by atomic mass is 16.2. The molecule has 1 aliphatic rings. The van der Waals surface area contributed by atoms with E-state index in [1.165, 1.54) is 11.1 Å². The lowest BCUT2D eigenvalue weighted by Gasteiger charge is -2.32. The monoisotopic (exact) mass is 338 g/mol. The Labute approximate surface area is 149 Å². The third-order valence-electron chi connectivity index (χ3n) is 4.79. The van der Waals surface area contributed by atoms with Gasteiger partial charge >= 0.3 is 0 Å². The smallest absolute Gasteiger partial charge is 0.255 e. The van der Waals surface area contributed by atoms with Gasteiger partial charge in [-0.05, 0) is 37.6 Å². The Morgan fingerprint density at radius 1 is 1.20 bits per heavy atom. The van der Waals surface area contributed by atoms with Crippen molar-refractivity contribution in [1.29, 1.82) is 0 Å². The lowest BCUT2D eigenvalue weighted by Crippen LogP contribution is -2.47. The van der Waals surface area contributed by atoms with Crippen molar-refractivity contribution >= 4 is 17.3 Å². The number of piperazine rings is 1. The van der Waals surface area contributed by atoms with Crippen LogP contribution in [0, 0.1) is 6.92 Å². The van der Waals surface area contributed by atoms with Crippen LogP contribution in [-0.4, -0.2) is 53.9 Å². The average molecular weight is 338 g/mol. The van der Waals surface area contributed by atoms with Crippen LogP contribution in [0.25, 0.3) is 0 Å². The van der Waals surface area contributed by atoms with Crippen LogP contribution in [0.1, 0.15) is 28.4 Å². The number of pyridine rings is 1. The molecule has 1 amide bonds. The number of likely N-dealkylation sites (N-methyl/N-ethyl adjacent to an activating group) is 1. The van der Waals surface area contributed by atoms with E-state index in [0.29, 0.717) is 5.56 Å². The quantitative estimate of drug-likeness (QED) is 0.931. The highest BCUT2D eigenvalue weighted by Gasteiger charge is 2.20. The first-order valence-corrected chi connectivity index (χ1v) is 8.87. The van der Waals surface area contributed by atoms with Crippen LogP contribution in [0.15, 0.2) is 36.7 Å². The van der Waals surface area contributed by atoms with E-state index >= 15 is 0 Å². The van der Waals surface area contributed by atoms with Crippen molar-refractivity contribution in [3.63, 3.8) is 0 Å². The van der Waals surface area contributed by atoms with Crippen molar-refractivity contribution < 1.29 is 4.79 Å². The first-order valence-electron chi connectivity index (χ1n) is 8.87. The maximum Gasteiger partial charge on any atom is 0.255 e. The summed E-state index contributed by atoms with van der Waals surface area (Å²) in [5.74, 6) is 0.0600. The number of nitrogens with one attached hydrogen (secondary N) is 1. The second-order valence-corrected chi connectivity index (χ2v) is 6.65. The normalized spacial score (nSPS) is 15.2. The Morgan fingerprint density at radius 2 is 1.96 bits per heavy atom. The Bertz CT molecular complexity index is 751. The van der Waals surface area contributed by atoms with Crippen molar-refractivity contribution in [2.45, 2.75) is 20.3 Å². The first kappa shape index (κ1) is 17.4. The molecule has 0 bridgehead atoms. The molecule has 1 N–H and O–H groups in total. The van der Waals surface area contributed by atoms with Crippen LogP contribution in [0.3, 0.4) is 0 Å². The van der Waals surface area contributed by atoms with Crippen molar-refractivity contribution in [3.8, 4) is 0 Å². The molecular formula is C20H26N4O. The Balaban J connectivity index is 1.79. The van der Waals surface area contributed by atoms with Gasteiger partial charge in [-0.15, -0.1) is 0 Å². The van der Waals surface area contributed by atoms with Gasteiger partial charge in [0.15, 0.2) is 0 Å². The maximum absolute atomic E-state index is 12.7. The zero-order valence-corrected chi connectivity index (χ0v) is 15.2. The molecule has 0 radical (unpaired) electrons. The van der Waals surface area contributed by atoms with Gasteiger partial charge in [0.2, 0.25) is 0 Å². The molecule has 25 heavy (non-hydrogen) atoms. The van der Waals surface area contributed by atoms with E-state index < -0.39 is 0 Å². The second-order valence-electron chi connectivity index (χ2n) is 6.65. The summed E-state index contributed by atoms with van der Waals surface area (Å²) >= 11 is 0. The molecule has 5 heteroatoms. The number of amides is 1. The predicted molar refractivity (Wildman–Crippen MR) is 101 cm³/mol. The molecule has 0 atom stereocenters. The summed E-state index contributed by atoms with van der Waals surface area (Å²) in [5, 5.41) is 3.46. The van der Waals surface area contributed by atoms with Gasteiger partial charge in [0.25, 0.3) is 5.91 Å². The van der Waals surface area contributed by atoms with Crippen LogP contribution < -0.4 is 5.32 Å². The molecule has 1 saturated heterocycles. The molecule has 132 valence electrons. The summed E-state index contributed by atoms with van der Waals surface area (Å²) in [6, 6.07) is 8.20. The fraction of sp³-hybridized carbons (Fsp3) is 0.400. The standard InChI is InChI=1S/C20H26N4O/c1-4-16-7-5-6-15(2)19(16)22-18-12-17(13-21-14-18)20(25)24-10-8-23(3)9-11-24/h5-7,12-14,22H,4,8-11H2,1-3H3. The molecule has 2 heterocycles. The molecule has 5 nitrogen and oxygen atoms in total. The second kappa shape index (κ2) is 7.66. The van der Waals surface area contributed by atoms with Crippen molar-refractivity contribution in [2.75, 3.05) is 38.5 Å². The third-order valence-corrected chi connectivity index (χ3v) is 4.79. The Morgan fingerprint density at radius 3 is 2.68 bits per heavy atom. The van der Waals surface area contributed by atoms with Crippen LogP contribution in [-0.2, 0) is 6.42 Å². The van der Waals surface area contributed by atoms with Gasteiger partial charge < -0.3 is 15.1 Å². The summed E-state index contributed by atoms with van der Waals surface area (Å²) in [4.78, 5) is 21.2. The van der Waals surface area contributed by atoms with E-state index in [2.05, 4.69) is 54.3 Å². The molecule has 0 saturated carbocycles. The third kappa shape index (κ3) is 3.99. The summed E-state index contributed by atoms with van der Waals surface area (Å²) in [6.45, 7) is 7.61. The van der Waals surface area contributed by atoms with E-state index in [0.717, 1.165) is 44.0 Å². The van der Waals surface area contributed by atoms with Crippen LogP contribution in [0.2, 0.25) is 0 Å². The Kier molecular flexibility index (Phi) is 5.34. The number of rotatable bonds is 4. The minimum atomic E-state index is 0.0600. The van der Waals surface area contributed by atoms with E-state index in [-0.39, 0.29) is 5.91 Å². The number of aryl methyl sites for hydroxylation is 2. The molecule has 2 aromatic rings. The topological polar surface area (TPSA) is 48.5 Å². The molecule has 0 aliphatic carbocycles. The van der Waals surface area contributed by atoms with E-state index in [1.54, 1.807) is 12.4 Å². The van der Waals surface area contributed by atoms with E-state index in [4.69, 9.17) is 0 Å². The fourth-order valence-corrected chi connectivity index (χ4v) is 3.16. The number of para-hydroxylation sites is 1. The summed E-state index contributed by atoms with van der Waals surface area (Å²) in [6.07, 6.45) is 4.38. The molecular weight excluding hydrogens is 312 g/mol. The van der Waals surface area contributed by atoms with Crippen molar-refractivity contribution in [2.24, 2.45) is 0 Å². The van der Waals surface area contributed by atoms with Gasteiger partial charge in [0, 0.05) is 38.1 Å². The van der Waals surface area contributed by atoms with Crippen molar-refractivity contribution in [1.82, 2.24) is 14.8 Å². The molecule has 0 unspecified atom stereocenters. The lowest BCUT2D eigenvalue weighted by atomic mass is 10.1. The van der Waals surface area contributed by atoms with Gasteiger partial charge in [-0.25, -0.2) is 0 Å². The number of benzene rings is 1. The number of carbonyl (C=O) groups is 1. The summed E-state index contributed by atoms with van der Waals surface area (Å²) in [5.41, 5.74) is 5.05. The molecule has 0 spiro atoms. The number of nitrogens with zero attached hydrogens (tertiary/aromatic N) is 3. The highest BCUT2D eigenvalue weighted by molar-refractivity contribution is 5.95. The molecule has 1 aromatic carbocycles. The van der Waals surface area contributed by atoms with Crippen LogP contribution in [0.4, 0.5) is 11.4 Å². The highest BCUT2D eigenvalue weighted by Crippen LogP contribution is 2.25. The minimum absolute atomic E-state index is 0.0600. The number of hydrogen-bond donors (Lipinski definition) is 1. The number of aromatic nitrogens is 1.